The molecule has 0 aromatic heterocycles. The minimum atomic E-state index is -3.40. The molecule has 0 amide bonds. The molecule has 0 bridgehead atoms. The molecule has 6 heteroatoms. The monoisotopic (exact) mass is 314 g/mol. The molecule has 1 rings (SSSR count). The molecular formula is C14H19ClN2O2S. The van der Waals surface area contributed by atoms with E-state index in [1.807, 2.05) is 13.8 Å². The molecule has 4 nitrogen and oxygen atoms in total. The molecule has 0 spiro atoms. The van der Waals surface area contributed by atoms with Gasteiger partial charge in [0.25, 0.3) is 0 Å². The van der Waals surface area contributed by atoms with Crippen molar-refractivity contribution >= 4 is 27.3 Å². The summed E-state index contributed by atoms with van der Waals surface area (Å²) in [6.07, 6.45) is 0. The average Bonchev–Trinajstić information content (AvgIpc) is 2.38. The molecule has 0 fully saturated rings. The van der Waals surface area contributed by atoms with Gasteiger partial charge >= 0.3 is 0 Å². The normalized spacial score (nSPS) is 13.6. The van der Waals surface area contributed by atoms with E-state index in [0.717, 1.165) is 5.56 Å². The van der Waals surface area contributed by atoms with Crippen molar-refractivity contribution < 1.29 is 8.42 Å². The molecule has 1 unspecified atom stereocenters. The molecule has 0 saturated heterocycles. The number of nitrogens with zero attached hydrogens (tertiary/aromatic N) is 1. The minimum absolute atomic E-state index is 0.0120. The second-order valence-electron chi connectivity index (χ2n) is 5.46. The van der Waals surface area contributed by atoms with Crippen molar-refractivity contribution in [1.82, 2.24) is 0 Å². The van der Waals surface area contributed by atoms with E-state index in [2.05, 4.69) is 10.8 Å². The third-order valence-electron chi connectivity index (χ3n) is 2.93. The molecular weight excluding hydrogens is 296 g/mol. The number of hydrogen-bond acceptors (Lipinski definition) is 3. The van der Waals surface area contributed by atoms with Gasteiger partial charge in [-0.15, -0.1) is 11.6 Å². The largest absolute Gasteiger partial charge is 0.284 e. The number of benzene rings is 1. The summed E-state index contributed by atoms with van der Waals surface area (Å²) >= 11 is 5.63. The molecule has 0 aliphatic rings. The fourth-order valence-electron chi connectivity index (χ4n) is 1.66. The first-order chi connectivity index (χ1) is 9.20. The van der Waals surface area contributed by atoms with Crippen LogP contribution in [0.15, 0.2) is 24.3 Å². The second-order valence-corrected chi connectivity index (χ2v) is 7.53. The lowest BCUT2D eigenvalue weighted by Gasteiger charge is -2.16. The van der Waals surface area contributed by atoms with Gasteiger partial charge in [-0.05, 0) is 37.5 Å². The van der Waals surface area contributed by atoms with Gasteiger partial charge in [0.2, 0.25) is 10.0 Å². The summed E-state index contributed by atoms with van der Waals surface area (Å²) in [4.78, 5) is 0. The Hall–Kier alpha value is -1.25. The van der Waals surface area contributed by atoms with E-state index in [1.165, 1.54) is 0 Å². The maximum Gasteiger partial charge on any atom is 0.233 e. The molecule has 0 aliphatic heterocycles. The summed E-state index contributed by atoms with van der Waals surface area (Å²) in [5.41, 5.74) is 0.742. The third-order valence-corrected chi connectivity index (χ3v) is 5.01. The van der Waals surface area contributed by atoms with Crippen LogP contribution >= 0.6 is 11.6 Å². The lowest BCUT2D eigenvalue weighted by Crippen LogP contribution is -2.22. The molecule has 0 heterocycles. The Kier molecular flexibility index (Phi) is 5.43. The van der Waals surface area contributed by atoms with Crippen LogP contribution in [0.3, 0.4) is 0 Å². The van der Waals surface area contributed by atoms with Crippen LogP contribution in [0, 0.1) is 17.2 Å². The van der Waals surface area contributed by atoms with Crippen LogP contribution < -0.4 is 4.72 Å². The quantitative estimate of drug-likeness (QED) is 0.820. The van der Waals surface area contributed by atoms with Crippen molar-refractivity contribution in [3.8, 4) is 6.07 Å². The molecule has 1 aromatic carbocycles. The highest BCUT2D eigenvalue weighted by Gasteiger charge is 2.20. The van der Waals surface area contributed by atoms with E-state index in [9.17, 15) is 8.42 Å². The van der Waals surface area contributed by atoms with Crippen molar-refractivity contribution in [1.29, 1.82) is 5.26 Å². The Morgan fingerprint density at radius 3 is 2.35 bits per heavy atom. The van der Waals surface area contributed by atoms with Crippen molar-refractivity contribution in [3.05, 3.63) is 29.8 Å². The van der Waals surface area contributed by atoms with Gasteiger partial charge in [0, 0.05) is 11.6 Å². The van der Waals surface area contributed by atoms with Crippen molar-refractivity contribution in [2.24, 2.45) is 5.92 Å². The Balaban J connectivity index is 2.84. The molecule has 110 valence electrons. The van der Waals surface area contributed by atoms with Crippen molar-refractivity contribution in [2.45, 2.75) is 26.2 Å². The smallest absolute Gasteiger partial charge is 0.233 e. The Morgan fingerprint density at radius 1 is 1.35 bits per heavy atom. The average molecular weight is 315 g/mol. The van der Waals surface area contributed by atoms with Crippen LogP contribution in [0.25, 0.3) is 0 Å². The van der Waals surface area contributed by atoms with E-state index < -0.39 is 15.4 Å². The van der Waals surface area contributed by atoms with Crippen LogP contribution in [0.5, 0.6) is 0 Å². The van der Waals surface area contributed by atoms with E-state index in [0.29, 0.717) is 11.6 Å². The molecule has 1 N–H and O–H groups in total. The van der Waals surface area contributed by atoms with E-state index in [-0.39, 0.29) is 11.7 Å². The Bertz CT molecular complexity index is 589. The first-order valence-corrected chi connectivity index (χ1v) is 8.47. The summed E-state index contributed by atoms with van der Waals surface area (Å²) < 4.78 is 26.3. The molecule has 0 radical (unpaired) electrons. The lowest BCUT2D eigenvalue weighted by molar-refractivity contribution is 0.588. The topological polar surface area (TPSA) is 70.0 Å². The van der Waals surface area contributed by atoms with Gasteiger partial charge in [-0.2, -0.15) is 5.26 Å². The second kappa shape index (κ2) is 6.47. The van der Waals surface area contributed by atoms with E-state index >= 15 is 0 Å². The first-order valence-electron chi connectivity index (χ1n) is 6.28. The summed E-state index contributed by atoms with van der Waals surface area (Å²) in [5, 5.41) is 9.06. The molecule has 20 heavy (non-hydrogen) atoms. The van der Waals surface area contributed by atoms with Crippen molar-refractivity contribution in [2.75, 3.05) is 16.4 Å². The zero-order chi connectivity index (χ0) is 15.4. The Labute approximate surface area is 125 Å². The van der Waals surface area contributed by atoms with Crippen LogP contribution in [-0.4, -0.2) is 20.1 Å². The van der Waals surface area contributed by atoms with Gasteiger partial charge in [0.15, 0.2) is 0 Å². The number of rotatable bonds is 6. The lowest BCUT2D eigenvalue weighted by atomic mass is 9.86. The predicted molar refractivity (Wildman–Crippen MR) is 82.4 cm³/mol. The van der Waals surface area contributed by atoms with Crippen LogP contribution in [-0.2, 0) is 15.4 Å². The Morgan fingerprint density at radius 2 is 1.90 bits per heavy atom. The fraction of sp³-hybridized carbons (Fsp3) is 0.500. The summed E-state index contributed by atoms with van der Waals surface area (Å²) in [5.74, 6) is 0.184. The number of halogens is 1. The number of alkyl halides is 1. The zero-order valence-corrected chi connectivity index (χ0v) is 13.4. The standard InChI is InChI=1S/C14H19ClN2O2S/c1-11(8-15)9-20(18,19)17-13-6-4-12(5-7-13)14(2,3)10-16/h4-7,11,17H,8-9H2,1-3H3. The molecule has 1 aromatic rings. The van der Waals surface area contributed by atoms with Crippen molar-refractivity contribution in [3.63, 3.8) is 0 Å². The highest BCUT2D eigenvalue weighted by molar-refractivity contribution is 7.92. The van der Waals surface area contributed by atoms with Crippen LogP contribution in [0.4, 0.5) is 5.69 Å². The predicted octanol–water partition coefficient (Wildman–Crippen LogP) is 3.10. The van der Waals surface area contributed by atoms with Gasteiger partial charge in [0.1, 0.15) is 0 Å². The van der Waals surface area contributed by atoms with E-state index in [4.69, 9.17) is 16.9 Å². The number of anilines is 1. The zero-order valence-electron chi connectivity index (χ0n) is 11.9. The first kappa shape index (κ1) is 16.8. The highest BCUT2D eigenvalue weighted by atomic mass is 35.5. The number of nitriles is 1. The third kappa shape index (κ3) is 4.69. The number of hydrogen-bond donors (Lipinski definition) is 1. The highest BCUT2D eigenvalue weighted by Crippen LogP contribution is 2.24. The van der Waals surface area contributed by atoms with Gasteiger partial charge in [-0.25, -0.2) is 8.42 Å². The summed E-state index contributed by atoms with van der Waals surface area (Å²) in [6.45, 7) is 5.41. The van der Waals surface area contributed by atoms with Crippen LogP contribution in [0.2, 0.25) is 0 Å². The fourth-order valence-corrected chi connectivity index (χ4v) is 3.34. The maximum atomic E-state index is 11.9. The summed E-state index contributed by atoms with van der Waals surface area (Å²) in [7, 11) is -3.40. The van der Waals surface area contributed by atoms with E-state index in [1.54, 1.807) is 31.2 Å². The molecule has 0 aliphatic carbocycles. The molecule has 0 saturated carbocycles. The molecule has 1 atom stereocenters. The van der Waals surface area contributed by atoms with Gasteiger partial charge in [-0.1, -0.05) is 19.1 Å². The maximum absolute atomic E-state index is 11.9. The summed E-state index contributed by atoms with van der Waals surface area (Å²) in [6, 6.07) is 9.05. The number of nitrogens with one attached hydrogen (secondary N) is 1. The number of sulfonamides is 1. The van der Waals surface area contributed by atoms with Gasteiger partial charge in [0.05, 0.1) is 17.2 Å². The van der Waals surface area contributed by atoms with Gasteiger partial charge < -0.3 is 0 Å². The minimum Gasteiger partial charge on any atom is -0.284 e. The van der Waals surface area contributed by atoms with Crippen LogP contribution in [0.1, 0.15) is 26.3 Å². The van der Waals surface area contributed by atoms with Gasteiger partial charge in [-0.3, -0.25) is 4.72 Å². The SMILES string of the molecule is CC(CCl)CS(=O)(=O)Nc1ccc(C(C)(C)C#N)cc1.